The zero-order valence-electron chi connectivity index (χ0n) is 11.3. The summed E-state index contributed by atoms with van der Waals surface area (Å²) < 4.78 is 0. The van der Waals surface area contributed by atoms with Crippen molar-refractivity contribution in [1.82, 2.24) is 5.32 Å². The summed E-state index contributed by atoms with van der Waals surface area (Å²) in [6, 6.07) is 8.59. The predicted molar refractivity (Wildman–Crippen MR) is 72.0 cm³/mol. The third-order valence-corrected chi connectivity index (χ3v) is 2.81. The molecule has 1 rings (SSSR count). The van der Waals surface area contributed by atoms with Gasteiger partial charge >= 0.3 is 0 Å². The fourth-order valence-electron chi connectivity index (χ4n) is 1.53. The average molecular weight is 233 g/mol. The Balaban J connectivity index is 2.38. The molecule has 0 bridgehead atoms. The van der Waals surface area contributed by atoms with Crippen molar-refractivity contribution in [1.29, 1.82) is 0 Å². The molecule has 0 aromatic heterocycles. The Bertz CT molecular complexity index is 360. The molecule has 0 saturated heterocycles. The molecule has 17 heavy (non-hydrogen) atoms. The Labute approximate surface area is 104 Å². The number of carbonyl (C=O) groups is 1. The van der Waals surface area contributed by atoms with Crippen LogP contribution in [-0.2, 0) is 17.6 Å². The van der Waals surface area contributed by atoms with Crippen molar-refractivity contribution in [3.8, 4) is 0 Å². The molecule has 0 aliphatic carbocycles. The lowest BCUT2D eigenvalue weighted by molar-refractivity contribution is -0.128. The van der Waals surface area contributed by atoms with Gasteiger partial charge in [0.05, 0.1) is 0 Å². The van der Waals surface area contributed by atoms with Crippen LogP contribution in [0.4, 0.5) is 0 Å². The molecule has 2 heteroatoms. The fourth-order valence-corrected chi connectivity index (χ4v) is 1.53. The molecule has 0 aliphatic heterocycles. The van der Waals surface area contributed by atoms with Crippen molar-refractivity contribution in [2.24, 2.45) is 5.41 Å². The standard InChI is InChI=1S/C15H23NO/c1-5-12-6-8-13(9-7-12)10-11-16-14(17)15(2,3)4/h6-9H,5,10-11H2,1-4H3,(H,16,17). The second-order valence-corrected chi connectivity index (χ2v) is 5.43. The molecule has 0 heterocycles. The van der Waals surface area contributed by atoms with Crippen LogP contribution in [0.25, 0.3) is 0 Å². The maximum Gasteiger partial charge on any atom is 0.225 e. The summed E-state index contributed by atoms with van der Waals surface area (Å²) in [5, 5.41) is 2.96. The first kappa shape index (κ1) is 13.8. The van der Waals surface area contributed by atoms with Gasteiger partial charge in [0.25, 0.3) is 0 Å². The zero-order valence-corrected chi connectivity index (χ0v) is 11.3. The molecule has 0 spiro atoms. The number of benzene rings is 1. The number of nitrogens with one attached hydrogen (secondary N) is 1. The number of hydrogen-bond acceptors (Lipinski definition) is 1. The number of aryl methyl sites for hydroxylation is 1. The molecule has 0 fully saturated rings. The molecular weight excluding hydrogens is 210 g/mol. The second-order valence-electron chi connectivity index (χ2n) is 5.43. The average Bonchev–Trinajstić information content (AvgIpc) is 2.28. The SMILES string of the molecule is CCc1ccc(CCNC(=O)C(C)(C)C)cc1. The van der Waals surface area contributed by atoms with E-state index in [-0.39, 0.29) is 11.3 Å². The lowest BCUT2D eigenvalue weighted by Gasteiger charge is -2.17. The summed E-state index contributed by atoms with van der Waals surface area (Å²) in [6.45, 7) is 8.65. The van der Waals surface area contributed by atoms with E-state index in [0.717, 1.165) is 12.8 Å². The van der Waals surface area contributed by atoms with Gasteiger partial charge in [0.2, 0.25) is 5.91 Å². The molecule has 1 aromatic carbocycles. The normalized spacial score (nSPS) is 11.3. The summed E-state index contributed by atoms with van der Waals surface area (Å²) in [4.78, 5) is 11.6. The third kappa shape index (κ3) is 4.59. The van der Waals surface area contributed by atoms with Gasteiger partial charge in [-0.25, -0.2) is 0 Å². The maximum absolute atomic E-state index is 11.6. The van der Waals surface area contributed by atoms with Crippen LogP contribution in [-0.4, -0.2) is 12.5 Å². The minimum Gasteiger partial charge on any atom is -0.355 e. The Morgan fingerprint density at radius 2 is 1.65 bits per heavy atom. The minimum absolute atomic E-state index is 0.114. The summed E-state index contributed by atoms with van der Waals surface area (Å²) in [5.41, 5.74) is 2.33. The van der Waals surface area contributed by atoms with E-state index in [1.807, 2.05) is 20.8 Å². The first-order valence-corrected chi connectivity index (χ1v) is 6.29. The van der Waals surface area contributed by atoms with E-state index in [4.69, 9.17) is 0 Å². The van der Waals surface area contributed by atoms with Crippen LogP contribution in [0.15, 0.2) is 24.3 Å². The molecule has 1 aromatic rings. The summed E-state index contributed by atoms with van der Waals surface area (Å²) in [5.74, 6) is 0.114. The van der Waals surface area contributed by atoms with Gasteiger partial charge in [0.15, 0.2) is 0 Å². The van der Waals surface area contributed by atoms with E-state index < -0.39 is 0 Å². The molecule has 0 saturated carbocycles. The van der Waals surface area contributed by atoms with Crippen molar-refractivity contribution in [3.63, 3.8) is 0 Å². The number of carbonyl (C=O) groups excluding carboxylic acids is 1. The molecule has 1 N–H and O–H groups in total. The van der Waals surface area contributed by atoms with E-state index in [2.05, 4.69) is 36.5 Å². The van der Waals surface area contributed by atoms with E-state index in [9.17, 15) is 4.79 Å². The van der Waals surface area contributed by atoms with Gasteiger partial charge in [-0.05, 0) is 24.0 Å². The number of rotatable bonds is 4. The predicted octanol–water partition coefficient (Wildman–Crippen LogP) is 2.95. The molecular formula is C15H23NO. The largest absolute Gasteiger partial charge is 0.355 e. The number of amides is 1. The Hall–Kier alpha value is -1.31. The summed E-state index contributed by atoms with van der Waals surface area (Å²) in [7, 11) is 0. The van der Waals surface area contributed by atoms with Gasteiger partial charge in [-0.15, -0.1) is 0 Å². The van der Waals surface area contributed by atoms with Gasteiger partial charge in [-0.1, -0.05) is 52.0 Å². The molecule has 0 atom stereocenters. The molecule has 1 amide bonds. The Morgan fingerprint density at radius 3 is 2.12 bits per heavy atom. The van der Waals surface area contributed by atoms with Gasteiger partial charge in [-0.3, -0.25) is 4.79 Å². The van der Waals surface area contributed by atoms with E-state index in [1.165, 1.54) is 11.1 Å². The van der Waals surface area contributed by atoms with Crippen LogP contribution in [0.5, 0.6) is 0 Å². The first-order valence-electron chi connectivity index (χ1n) is 6.29. The highest BCUT2D eigenvalue weighted by Gasteiger charge is 2.20. The maximum atomic E-state index is 11.6. The van der Waals surface area contributed by atoms with Gasteiger partial charge < -0.3 is 5.32 Å². The van der Waals surface area contributed by atoms with Crippen LogP contribution in [0.1, 0.15) is 38.8 Å². The molecule has 2 nitrogen and oxygen atoms in total. The van der Waals surface area contributed by atoms with E-state index >= 15 is 0 Å². The van der Waals surface area contributed by atoms with Crippen LogP contribution in [0, 0.1) is 5.41 Å². The summed E-state index contributed by atoms with van der Waals surface area (Å²) >= 11 is 0. The van der Waals surface area contributed by atoms with Gasteiger partial charge in [0.1, 0.15) is 0 Å². The molecule has 94 valence electrons. The highest BCUT2D eigenvalue weighted by Crippen LogP contribution is 2.12. The quantitative estimate of drug-likeness (QED) is 0.851. The molecule has 0 aliphatic rings. The Morgan fingerprint density at radius 1 is 1.12 bits per heavy atom. The van der Waals surface area contributed by atoms with Gasteiger partial charge in [0, 0.05) is 12.0 Å². The smallest absolute Gasteiger partial charge is 0.225 e. The van der Waals surface area contributed by atoms with Crippen molar-refractivity contribution in [3.05, 3.63) is 35.4 Å². The fraction of sp³-hybridized carbons (Fsp3) is 0.533. The second kappa shape index (κ2) is 5.85. The lowest BCUT2D eigenvalue weighted by Crippen LogP contribution is -2.35. The van der Waals surface area contributed by atoms with Crippen molar-refractivity contribution in [2.45, 2.75) is 40.5 Å². The highest BCUT2D eigenvalue weighted by molar-refractivity contribution is 5.81. The zero-order chi connectivity index (χ0) is 12.9. The lowest BCUT2D eigenvalue weighted by atomic mass is 9.95. The van der Waals surface area contributed by atoms with Crippen molar-refractivity contribution >= 4 is 5.91 Å². The van der Waals surface area contributed by atoms with Crippen LogP contribution >= 0.6 is 0 Å². The topological polar surface area (TPSA) is 29.1 Å². The highest BCUT2D eigenvalue weighted by atomic mass is 16.2. The van der Waals surface area contributed by atoms with Crippen molar-refractivity contribution in [2.75, 3.05) is 6.54 Å². The van der Waals surface area contributed by atoms with Crippen LogP contribution in [0.2, 0.25) is 0 Å². The summed E-state index contributed by atoms with van der Waals surface area (Å²) in [6.07, 6.45) is 1.97. The minimum atomic E-state index is -0.300. The van der Waals surface area contributed by atoms with Crippen molar-refractivity contribution < 1.29 is 4.79 Å². The molecule has 0 unspecified atom stereocenters. The number of hydrogen-bond donors (Lipinski definition) is 1. The third-order valence-electron chi connectivity index (χ3n) is 2.81. The molecule has 0 radical (unpaired) electrons. The Kier molecular flexibility index (Phi) is 4.73. The first-order chi connectivity index (χ1) is 7.93. The van der Waals surface area contributed by atoms with Gasteiger partial charge in [-0.2, -0.15) is 0 Å². The van der Waals surface area contributed by atoms with Crippen LogP contribution < -0.4 is 5.32 Å². The van der Waals surface area contributed by atoms with E-state index in [0.29, 0.717) is 6.54 Å². The van der Waals surface area contributed by atoms with E-state index in [1.54, 1.807) is 0 Å². The monoisotopic (exact) mass is 233 g/mol. The van der Waals surface area contributed by atoms with Crippen LogP contribution in [0.3, 0.4) is 0 Å².